The normalized spacial score (nSPS) is 15.5. The molecule has 0 amide bonds. The second-order valence-electron chi connectivity index (χ2n) is 3.36. The van der Waals surface area contributed by atoms with Gasteiger partial charge in [-0.25, -0.2) is 9.48 Å². The van der Waals surface area contributed by atoms with Crippen LogP contribution in [-0.4, -0.2) is 34.1 Å². The molecule has 0 aliphatic carbocycles. The third-order valence-corrected chi connectivity index (χ3v) is 2.32. The minimum atomic E-state index is -0.387. The zero-order chi connectivity index (χ0) is 10.7. The van der Waals surface area contributed by atoms with E-state index in [1.54, 1.807) is 11.6 Å². The highest BCUT2D eigenvalue weighted by atomic mass is 16.5. The Morgan fingerprint density at radius 1 is 1.67 bits per heavy atom. The van der Waals surface area contributed by atoms with Gasteiger partial charge in [0.15, 0.2) is 5.69 Å². The summed E-state index contributed by atoms with van der Waals surface area (Å²) < 4.78 is 6.68. The smallest absolute Gasteiger partial charge is 0.360 e. The van der Waals surface area contributed by atoms with Gasteiger partial charge in [0.25, 0.3) is 0 Å². The summed E-state index contributed by atoms with van der Waals surface area (Å²) in [6, 6.07) is 0. The molecule has 0 fully saturated rings. The summed E-state index contributed by atoms with van der Waals surface area (Å²) in [5, 5.41) is 11.0. The Kier molecular flexibility index (Phi) is 2.96. The maximum atomic E-state index is 11.5. The van der Waals surface area contributed by atoms with E-state index in [0.29, 0.717) is 18.8 Å². The maximum absolute atomic E-state index is 11.5. The number of aryl methyl sites for hydroxylation is 1. The van der Waals surface area contributed by atoms with Crippen LogP contribution in [0.25, 0.3) is 0 Å². The van der Waals surface area contributed by atoms with Crippen molar-refractivity contribution >= 4 is 5.97 Å². The fourth-order valence-electron chi connectivity index (χ4n) is 1.61. The molecule has 0 unspecified atom stereocenters. The maximum Gasteiger partial charge on any atom is 0.360 e. The molecule has 1 aromatic rings. The van der Waals surface area contributed by atoms with Gasteiger partial charge in [-0.2, -0.15) is 0 Å². The number of hydrogen-bond acceptors (Lipinski definition) is 5. The number of hydrogen-bond donors (Lipinski definition) is 1. The summed E-state index contributed by atoms with van der Waals surface area (Å²) in [4.78, 5) is 11.5. The third kappa shape index (κ3) is 1.99. The van der Waals surface area contributed by atoms with Crippen molar-refractivity contribution in [2.45, 2.75) is 26.4 Å². The zero-order valence-electron chi connectivity index (χ0n) is 8.69. The number of fused-ring (bicyclic) bond motifs is 1. The summed E-state index contributed by atoms with van der Waals surface area (Å²) in [6.45, 7) is 4.50. The Labute approximate surface area is 87.6 Å². The van der Waals surface area contributed by atoms with E-state index in [-0.39, 0.29) is 5.97 Å². The third-order valence-electron chi connectivity index (χ3n) is 2.32. The standard InChI is InChI=1S/C9H14N4O2/c1-2-15-9(14)8-7-6-10-4-3-5-13(7)12-11-8/h10H,2-6H2,1H3. The lowest BCUT2D eigenvalue weighted by Crippen LogP contribution is -2.16. The van der Waals surface area contributed by atoms with Crippen molar-refractivity contribution in [3.8, 4) is 0 Å². The summed E-state index contributed by atoms with van der Waals surface area (Å²) in [5.74, 6) is -0.387. The van der Waals surface area contributed by atoms with Crippen LogP contribution >= 0.6 is 0 Å². The largest absolute Gasteiger partial charge is 0.461 e. The van der Waals surface area contributed by atoms with Gasteiger partial charge >= 0.3 is 5.97 Å². The van der Waals surface area contributed by atoms with Crippen LogP contribution in [0.3, 0.4) is 0 Å². The van der Waals surface area contributed by atoms with Crippen LogP contribution in [0.4, 0.5) is 0 Å². The molecule has 2 heterocycles. The Hall–Kier alpha value is -1.43. The van der Waals surface area contributed by atoms with Crippen LogP contribution in [0.2, 0.25) is 0 Å². The van der Waals surface area contributed by atoms with Crippen LogP contribution in [0.5, 0.6) is 0 Å². The first kappa shape index (κ1) is 10.1. The molecular formula is C9H14N4O2. The van der Waals surface area contributed by atoms with E-state index in [4.69, 9.17) is 4.74 Å². The van der Waals surface area contributed by atoms with Crippen molar-refractivity contribution in [3.05, 3.63) is 11.4 Å². The number of carbonyl (C=O) groups excluding carboxylic acids is 1. The summed E-state index contributed by atoms with van der Waals surface area (Å²) in [6.07, 6.45) is 0.999. The van der Waals surface area contributed by atoms with E-state index in [1.165, 1.54) is 0 Å². The van der Waals surface area contributed by atoms with Gasteiger partial charge in [0, 0.05) is 13.1 Å². The van der Waals surface area contributed by atoms with Crippen LogP contribution in [-0.2, 0) is 17.8 Å². The molecule has 2 rings (SSSR count). The van der Waals surface area contributed by atoms with E-state index in [9.17, 15) is 4.79 Å². The number of rotatable bonds is 2. The second-order valence-corrected chi connectivity index (χ2v) is 3.36. The SMILES string of the molecule is CCOC(=O)c1nnn2c1CNCCC2. The highest BCUT2D eigenvalue weighted by Crippen LogP contribution is 2.10. The van der Waals surface area contributed by atoms with Gasteiger partial charge in [0.05, 0.1) is 12.3 Å². The highest BCUT2D eigenvalue weighted by Gasteiger charge is 2.21. The average molecular weight is 210 g/mol. The van der Waals surface area contributed by atoms with E-state index < -0.39 is 0 Å². The van der Waals surface area contributed by atoms with Crippen molar-refractivity contribution in [1.82, 2.24) is 20.3 Å². The van der Waals surface area contributed by atoms with Gasteiger partial charge in [-0.3, -0.25) is 0 Å². The molecule has 6 heteroatoms. The quantitative estimate of drug-likeness (QED) is 0.693. The lowest BCUT2D eigenvalue weighted by molar-refractivity contribution is 0.0518. The number of ether oxygens (including phenoxy) is 1. The Bertz CT molecular complexity index is 361. The van der Waals surface area contributed by atoms with Crippen LogP contribution in [0, 0.1) is 0 Å². The Morgan fingerprint density at radius 2 is 2.53 bits per heavy atom. The monoisotopic (exact) mass is 210 g/mol. The first-order valence-electron chi connectivity index (χ1n) is 5.13. The molecule has 0 saturated carbocycles. The van der Waals surface area contributed by atoms with Crippen molar-refractivity contribution in [3.63, 3.8) is 0 Å². The average Bonchev–Trinajstić information content (AvgIpc) is 2.48. The Morgan fingerprint density at radius 3 is 3.33 bits per heavy atom. The predicted octanol–water partition coefficient (Wildman–Crippen LogP) is -0.0519. The molecule has 0 bridgehead atoms. The van der Waals surface area contributed by atoms with E-state index >= 15 is 0 Å². The van der Waals surface area contributed by atoms with Gasteiger partial charge in [0.2, 0.25) is 0 Å². The lowest BCUT2D eigenvalue weighted by atomic mass is 10.3. The van der Waals surface area contributed by atoms with Crippen LogP contribution < -0.4 is 5.32 Å². The van der Waals surface area contributed by atoms with Gasteiger partial charge < -0.3 is 10.1 Å². The predicted molar refractivity (Wildman–Crippen MR) is 52.3 cm³/mol. The topological polar surface area (TPSA) is 69.0 Å². The molecule has 0 saturated heterocycles. The lowest BCUT2D eigenvalue weighted by Gasteiger charge is -2.02. The molecule has 0 spiro atoms. The first-order valence-corrected chi connectivity index (χ1v) is 5.13. The fraction of sp³-hybridized carbons (Fsp3) is 0.667. The zero-order valence-corrected chi connectivity index (χ0v) is 8.69. The summed E-state index contributed by atoms with van der Waals surface area (Å²) in [7, 11) is 0. The number of aromatic nitrogens is 3. The van der Waals surface area contributed by atoms with Crippen LogP contribution in [0.1, 0.15) is 29.5 Å². The minimum Gasteiger partial charge on any atom is -0.461 e. The highest BCUT2D eigenvalue weighted by molar-refractivity contribution is 5.88. The molecular weight excluding hydrogens is 196 g/mol. The molecule has 1 aromatic heterocycles. The molecule has 15 heavy (non-hydrogen) atoms. The van der Waals surface area contributed by atoms with Gasteiger partial charge in [-0.05, 0) is 19.9 Å². The van der Waals surface area contributed by atoms with Gasteiger partial charge in [-0.1, -0.05) is 5.21 Å². The van der Waals surface area contributed by atoms with E-state index in [0.717, 1.165) is 25.2 Å². The summed E-state index contributed by atoms with van der Waals surface area (Å²) >= 11 is 0. The molecule has 1 aliphatic heterocycles. The number of esters is 1. The molecule has 6 nitrogen and oxygen atoms in total. The number of nitrogens with one attached hydrogen (secondary N) is 1. The van der Waals surface area contributed by atoms with E-state index in [1.807, 2.05) is 0 Å². The molecule has 82 valence electrons. The fourth-order valence-corrected chi connectivity index (χ4v) is 1.61. The number of nitrogens with zero attached hydrogens (tertiary/aromatic N) is 3. The van der Waals surface area contributed by atoms with Crippen molar-refractivity contribution in [2.24, 2.45) is 0 Å². The van der Waals surface area contributed by atoms with Crippen LogP contribution in [0.15, 0.2) is 0 Å². The molecule has 0 aromatic carbocycles. The van der Waals surface area contributed by atoms with E-state index in [2.05, 4.69) is 15.6 Å². The summed E-state index contributed by atoms with van der Waals surface area (Å²) in [5.41, 5.74) is 1.16. The molecule has 0 atom stereocenters. The Balaban J connectivity index is 2.25. The first-order chi connectivity index (χ1) is 7.33. The van der Waals surface area contributed by atoms with Crippen molar-refractivity contribution in [1.29, 1.82) is 0 Å². The van der Waals surface area contributed by atoms with Gasteiger partial charge in [0.1, 0.15) is 0 Å². The molecule has 0 radical (unpaired) electrons. The van der Waals surface area contributed by atoms with Gasteiger partial charge in [-0.15, -0.1) is 5.10 Å². The second kappa shape index (κ2) is 4.39. The molecule has 1 N–H and O–H groups in total. The number of carbonyl (C=O) groups is 1. The van der Waals surface area contributed by atoms with Crippen molar-refractivity contribution in [2.75, 3.05) is 13.2 Å². The molecule has 1 aliphatic rings. The minimum absolute atomic E-state index is 0.339. The van der Waals surface area contributed by atoms with Crippen molar-refractivity contribution < 1.29 is 9.53 Å².